The molecule has 5 heteroatoms. The maximum Gasteiger partial charge on any atom is 0.112 e. The number of aryl methyl sites for hydroxylation is 1. The van der Waals surface area contributed by atoms with Gasteiger partial charge in [0.15, 0.2) is 0 Å². The average Bonchev–Trinajstić information content (AvgIpc) is 2.44. The highest BCUT2D eigenvalue weighted by Gasteiger charge is 2.43. The van der Waals surface area contributed by atoms with Gasteiger partial charge in [-0.1, -0.05) is 0 Å². The lowest BCUT2D eigenvalue weighted by atomic mass is 9.82. The normalized spacial score (nSPS) is 29.3. The van der Waals surface area contributed by atoms with E-state index >= 15 is 0 Å². The molecule has 1 aliphatic heterocycles. The summed E-state index contributed by atoms with van der Waals surface area (Å²) in [5, 5.41) is 14.9. The van der Waals surface area contributed by atoms with Crippen LogP contribution in [-0.2, 0) is 17.4 Å². The van der Waals surface area contributed by atoms with Gasteiger partial charge in [-0.25, -0.2) is 0 Å². The fraction of sp³-hybridized carbons (Fsp3) is 0.727. The number of aliphatic hydroxyl groups is 1. The summed E-state index contributed by atoms with van der Waals surface area (Å²) in [7, 11) is 1.85. The van der Waals surface area contributed by atoms with E-state index in [1.165, 1.54) is 0 Å². The lowest BCUT2D eigenvalue weighted by molar-refractivity contribution is -0.151. The highest BCUT2D eigenvalue weighted by Crippen LogP contribution is 2.41. The standard InChI is InChI=1S/C11H17BrN2O2/c1-10(2)7-11(15,4-5-16-10)9-8(12)6-13-14(9)3/h6,15H,4-5,7H2,1-3H3. The summed E-state index contributed by atoms with van der Waals surface area (Å²) in [6.07, 6.45) is 2.91. The SMILES string of the molecule is Cn1ncc(Br)c1C1(O)CCOC(C)(C)C1. The topological polar surface area (TPSA) is 47.3 Å². The van der Waals surface area contributed by atoms with Gasteiger partial charge in [-0.2, -0.15) is 5.10 Å². The zero-order valence-corrected chi connectivity index (χ0v) is 11.4. The van der Waals surface area contributed by atoms with Crippen LogP contribution in [0.1, 0.15) is 32.4 Å². The second kappa shape index (κ2) is 3.82. The molecule has 0 amide bonds. The van der Waals surface area contributed by atoms with Crippen LogP contribution < -0.4 is 0 Å². The van der Waals surface area contributed by atoms with E-state index in [-0.39, 0.29) is 5.60 Å². The smallest absolute Gasteiger partial charge is 0.112 e. The molecule has 90 valence electrons. The Morgan fingerprint density at radius 2 is 2.25 bits per heavy atom. The first-order chi connectivity index (χ1) is 7.34. The minimum atomic E-state index is -0.855. The van der Waals surface area contributed by atoms with Crippen LogP contribution in [0.5, 0.6) is 0 Å². The van der Waals surface area contributed by atoms with Crippen molar-refractivity contribution < 1.29 is 9.84 Å². The molecule has 0 spiro atoms. The first-order valence-corrected chi connectivity index (χ1v) is 6.18. The molecule has 0 aliphatic carbocycles. The Balaban J connectivity index is 2.39. The first kappa shape index (κ1) is 12.1. The molecule has 1 aliphatic rings. The quantitative estimate of drug-likeness (QED) is 0.859. The fourth-order valence-corrected chi connectivity index (χ4v) is 3.19. The number of nitrogens with zero attached hydrogens (tertiary/aromatic N) is 2. The van der Waals surface area contributed by atoms with Gasteiger partial charge in [-0.15, -0.1) is 0 Å². The summed E-state index contributed by atoms with van der Waals surface area (Å²) in [5.41, 5.74) is -0.313. The second-order valence-corrected chi connectivity index (χ2v) is 5.89. The highest BCUT2D eigenvalue weighted by molar-refractivity contribution is 9.10. The summed E-state index contributed by atoms with van der Waals surface area (Å²) in [5.74, 6) is 0. The van der Waals surface area contributed by atoms with Crippen LogP contribution in [0.2, 0.25) is 0 Å². The lowest BCUT2D eigenvalue weighted by Crippen LogP contribution is -2.45. The van der Waals surface area contributed by atoms with E-state index in [1.807, 2.05) is 20.9 Å². The monoisotopic (exact) mass is 288 g/mol. The molecule has 0 saturated carbocycles. The Bertz CT molecular complexity index is 383. The van der Waals surface area contributed by atoms with Crippen LogP contribution in [0.25, 0.3) is 0 Å². The van der Waals surface area contributed by atoms with Gasteiger partial charge in [0.1, 0.15) is 5.60 Å². The third-order valence-corrected chi connectivity index (χ3v) is 3.64. The molecule has 1 saturated heterocycles. The van der Waals surface area contributed by atoms with Crippen molar-refractivity contribution in [1.82, 2.24) is 9.78 Å². The molecule has 0 bridgehead atoms. The minimum absolute atomic E-state index is 0.295. The molecule has 0 radical (unpaired) electrons. The van der Waals surface area contributed by atoms with Gasteiger partial charge in [0.05, 0.1) is 28.6 Å². The predicted molar refractivity (Wildman–Crippen MR) is 64.1 cm³/mol. The van der Waals surface area contributed by atoms with Crippen LogP contribution >= 0.6 is 15.9 Å². The van der Waals surface area contributed by atoms with E-state index in [0.29, 0.717) is 19.4 Å². The third kappa shape index (κ3) is 2.04. The van der Waals surface area contributed by atoms with Crippen LogP contribution in [-0.4, -0.2) is 27.1 Å². The number of aromatic nitrogens is 2. The Labute approximate surface area is 104 Å². The molecule has 1 atom stereocenters. The van der Waals surface area contributed by atoms with E-state index in [9.17, 15) is 5.11 Å². The molecule has 0 aromatic carbocycles. The van der Waals surface area contributed by atoms with E-state index in [4.69, 9.17) is 4.74 Å². The number of hydrogen-bond donors (Lipinski definition) is 1. The zero-order chi connectivity index (χ0) is 12.0. The van der Waals surface area contributed by atoms with Crippen molar-refractivity contribution in [3.05, 3.63) is 16.4 Å². The molecule has 2 heterocycles. The summed E-state index contributed by atoms with van der Waals surface area (Å²) in [6.45, 7) is 4.57. The number of ether oxygens (including phenoxy) is 1. The second-order valence-electron chi connectivity index (χ2n) is 5.03. The number of hydrogen-bond acceptors (Lipinski definition) is 3. The largest absolute Gasteiger partial charge is 0.383 e. The molecule has 2 rings (SSSR count). The van der Waals surface area contributed by atoms with Crippen molar-refractivity contribution >= 4 is 15.9 Å². The third-order valence-electron chi connectivity index (χ3n) is 3.06. The molecule has 16 heavy (non-hydrogen) atoms. The van der Waals surface area contributed by atoms with E-state index < -0.39 is 5.60 Å². The zero-order valence-electron chi connectivity index (χ0n) is 9.83. The van der Waals surface area contributed by atoms with Gasteiger partial charge in [-0.05, 0) is 29.8 Å². The molecule has 1 aromatic heterocycles. The van der Waals surface area contributed by atoms with E-state index in [0.717, 1.165) is 10.2 Å². The van der Waals surface area contributed by atoms with Gasteiger partial charge in [0.25, 0.3) is 0 Å². The first-order valence-electron chi connectivity index (χ1n) is 5.38. The van der Waals surface area contributed by atoms with Crippen molar-refractivity contribution in [3.8, 4) is 0 Å². The summed E-state index contributed by atoms with van der Waals surface area (Å²) < 4.78 is 8.22. The molecule has 1 aromatic rings. The van der Waals surface area contributed by atoms with Gasteiger partial charge in [0.2, 0.25) is 0 Å². The molecular weight excluding hydrogens is 272 g/mol. The number of rotatable bonds is 1. The lowest BCUT2D eigenvalue weighted by Gasteiger charge is -2.41. The minimum Gasteiger partial charge on any atom is -0.383 e. The summed E-state index contributed by atoms with van der Waals surface area (Å²) >= 11 is 3.44. The average molecular weight is 289 g/mol. The number of halogens is 1. The van der Waals surface area contributed by atoms with Crippen LogP contribution in [0.15, 0.2) is 10.7 Å². The van der Waals surface area contributed by atoms with E-state index in [2.05, 4.69) is 21.0 Å². The Morgan fingerprint density at radius 3 is 2.75 bits per heavy atom. The van der Waals surface area contributed by atoms with Crippen molar-refractivity contribution in [1.29, 1.82) is 0 Å². The Kier molecular flexibility index (Phi) is 2.88. The van der Waals surface area contributed by atoms with Crippen molar-refractivity contribution in [3.63, 3.8) is 0 Å². The van der Waals surface area contributed by atoms with Gasteiger partial charge in [0, 0.05) is 19.9 Å². The van der Waals surface area contributed by atoms with Crippen LogP contribution in [0.4, 0.5) is 0 Å². The molecular formula is C11H17BrN2O2. The Hall–Kier alpha value is -0.390. The highest BCUT2D eigenvalue weighted by atomic mass is 79.9. The predicted octanol–water partition coefficient (Wildman–Crippen LogP) is 1.96. The van der Waals surface area contributed by atoms with Crippen molar-refractivity contribution in [2.45, 2.75) is 37.9 Å². The van der Waals surface area contributed by atoms with Crippen molar-refractivity contribution in [2.24, 2.45) is 7.05 Å². The summed E-state index contributed by atoms with van der Waals surface area (Å²) in [4.78, 5) is 0. The van der Waals surface area contributed by atoms with Crippen LogP contribution in [0, 0.1) is 0 Å². The fourth-order valence-electron chi connectivity index (χ4n) is 2.48. The maximum atomic E-state index is 10.8. The molecule has 1 unspecified atom stereocenters. The van der Waals surface area contributed by atoms with Crippen LogP contribution in [0.3, 0.4) is 0 Å². The molecule has 4 nitrogen and oxygen atoms in total. The molecule has 1 fully saturated rings. The van der Waals surface area contributed by atoms with Gasteiger partial charge < -0.3 is 9.84 Å². The Morgan fingerprint density at radius 1 is 1.56 bits per heavy atom. The maximum absolute atomic E-state index is 10.8. The molecule has 1 N–H and O–H groups in total. The van der Waals surface area contributed by atoms with E-state index in [1.54, 1.807) is 10.9 Å². The summed E-state index contributed by atoms with van der Waals surface area (Å²) in [6, 6.07) is 0. The van der Waals surface area contributed by atoms with Gasteiger partial charge in [-0.3, -0.25) is 4.68 Å². The van der Waals surface area contributed by atoms with Crippen molar-refractivity contribution in [2.75, 3.05) is 6.61 Å². The van der Waals surface area contributed by atoms with Gasteiger partial charge >= 0.3 is 0 Å².